The zero-order valence-electron chi connectivity index (χ0n) is 4.13. The summed E-state index contributed by atoms with van der Waals surface area (Å²) < 4.78 is 34.1. The van der Waals surface area contributed by atoms with Gasteiger partial charge in [0.1, 0.15) is 0 Å². The summed E-state index contributed by atoms with van der Waals surface area (Å²) in [6, 6.07) is 0. The molecule has 48 valence electrons. The first-order chi connectivity index (χ1) is 3.58. The molecular weight excluding hydrogens is 136 g/mol. The molecule has 8 heavy (non-hydrogen) atoms. The van der Waals surface area contributed by atoms with E-state index in [1.807, 2.05) is 0 Å². The minimum atomic E-state index is -3.89. The van der Waals surface area contributed by atoms with Crippen LogP contribution >= 0.6 is 8.58 Å². The molecule has 0 saturated heterocycles. The molecule has 1 aliphatic carbocycles. The van der Waals surface area contributed by atoms with Crippen LogP contribution in [0.3, 0.4) is 0 Å². The van der Waals surface area contributed by atoms with Crippen LogP contribution in [0.15, 0.2) is 0 Å². The van der Waals surface area contributed by atoms with Gasteiger partial charge < -0.3 is 0 Å². The fourth-order valence-corrected chi connectivity index (χ4v) is 1.38. The van der Waals surface area contributed by atoms with Crippen molar-refractivity contribution in [3.63, 3.8) is 0 Å². The lowest BCUT2D eigenvalue weighted by molar-refractivity contribution is -0.0372. The van der Waals surface area contributed by atoms with Gasteiger partial charge in [-0.25, -0.2) is 0 Å². The predicted octanol–water partition coefficient (Wildman–Crippen LogP) is 2.35. The number of hydrogen-bond acceptors (Lipinski definition) is 0. The van der Waals surface area contributed by atoms with Crippen LogP contribution in [0, 0.1) is 0 Å². The molecule has 1 fully saturated rings. The van der Waals surface area contributed by atoms with Crippen molar-refractivity contribution in [3.05, 3.63) is 0 Å². The van der Waals surface area contributed by atoms with Crippen molar-refractivity contribution in [1.29, 1.82) is 0 Å². The third-order valence-corrected chi connectivity index (χ3v) is 2.26. The van der Waals surface area contributed by atoms with Gasteiger partial charge in [0.05, 0.1) is 0 Å². The van der Waals surface area contributed by atoms with Crippen molar-refractivity contribution in [3.8, 4) is 0 Å². The second kappa shape index (κ2) is 1.87. The van der Waals surface area contributed by atoms with E-state index in [4.69, 9.17) is 0 Å². The Morgan fingerprint density at radius 3 is 1.88 bits per heavy atom. The standard InChI is InChI=1S/C4H6F3P/c5-4(6,7)8-3-1-2-3/h3,8H,1-2H2. The molecule has 0 aliphatic heterocycles. The average molecular weight is 142 g/mol. The van der Waals surface area contributed by atoms with Crippen LogP contribution < -0.4 is 0 Å². The molecule has 0 heterocycles. The number of halogens is 3. The Balaban J connectivity index is 2.16. The molecule has 0 N–H and O–H groups in total. The SMILES string of the molecule is FC(F)(F)PC1CC1. The molecule has 0 spiro atoms. The van der Waals surface area contributed by atoms with Gasteiger partial charge in [0, 0.05) is 0 Å². The Kier molecular flexibility index (Phi) is 1.48. The van der Waals surface area contributed by atoms with E-state index in [9.17, 15) is 13.2 Å². The van der Waals surface area contributed by atoms with Crippen LogP contribution in [-0.4, -0.2) is 11.6 Å². The summed E-state index contributed by atoms with van der Waals surface area (Å²) in [7, 11) is -0.791. The molecule has 1 rings (SSSR count). The highest BCUT2D eigenvalue weighted by Crippen LogP contribution is 2.49. The second-order valence-electron chi connectivity index (χ2n) is 1.92. The Morgan fingerprint density at radius 2 is 1.75 bits per heavy atom. The van der Waals surface area contributed by atoms with Crippen LogP contribution in [-0.2, 0) is 0 Å². The van der Waals surface area contributed by atoms with E-state index < -0.39 is 14.5 Å². The highest BCUT2D eigenvalue weighted by molar-refractivity contribution is 7.40. The van der Waals surface area contributed by atoms with Crippen LogP contribution in [0.1, 0.15) is 12.8 Å². The summed E-state index contributed by atoms with van der Waals surface area (Å²) in [6.45, 7) is 0. The Hall–Kier alpha value is 0.220. The molecule has 0 aromatic carbocycles. The lowest BCUT2D eigenvalue weighted by atomic mass is 11.0. The largest absolute Gasteiger partial charge is 0.402 e. The van der Waals surface area contributed by atoms with Gasteiger partial charge in [-0.2, -0.15) is 13.2 Å². The molecule has 1 unspecified atom stereocenters. The predicted molar refractivity (Wildman–Crippen MR) is 27.4 cm³/mol. The number of rotatable bonds is 1. The summed E-state index contributed by atoms with van der Waals surface area (Å²) in [6.07, 6.45) is 1.58. The zero-order valence-corrected chi connectivity index (χ0v) is 5.13. The summed E-state index contributed by atoms with van der Waals surface area (Å²) in [4.78, 5) is 0. The molecule has 1 atom stereocenters. The highest BCUT2D eigenvalue weighted by atomic mass is 31.1. The maximum absolute atomic E-state index is 11.4. The molecule has 4 heteroatoms. The van der Waals surface area contributed by atoms with E-state index in [1.165, 1.54) is 0 Å². The monoisotopic (exact) mass is 142 g/mol. The highest BCUT2D eigenvalue weighted by Gasteiger charge is 2.36. The van der Waals surface area contributed by atoms with Gasteiger partial charge >= 0.3 is 5.92 Å². The Morgan fingerprint density at radius 1 is 1.25 bits per heavy atom. The van der Waals surface area contributed by atoms with Gasteiger partial charge in [-0.3, -0.25) is 0 Å². The zero-order chi connectivity index (χ0) is 6.20. The lowest BCUT2D eigenvalue weighted by Gasteiger charge is -2.01. The smallest absolute Gasteiger partial charge is 0.167 e. The van der Waals surface area contributed by atoms with E-state index >= 15 is 0 Å². The normalized spacial score (nSPS) is 22.9. The first-order valence-electron chi connectivity index (χ1n) is 2.42. The minimum absolute atomic E-state index is 0.00463. The van der Waals surface area contributed by atoms with Crippen molar-refractivity contribution < 1.29 is 13.2 Å². The maximum Gasteiger partial charge on any atom is 0.402 e. The number of hydrogen-bond donors (Lipinski definition) is 0. The summed E-state index contributed by atoms with van der Waals surface area (Å²) in [5.74, 6) is -3.89. The van der Waals surface area contributed by atoms with Crippen molar-refractivity contribution >= 4 is 8.58 Å². The van der Waals surface area contributed by atoms with Crippen molar-refractivity contribution in [2.24, 2.45) is 0 Å². The molecule has 0 aromatic heterocycles. The van der Waals surface area contributed by atoms with Crippen LogP contribution in [0.2, 0.25) is 0 Å². The molecule has 1 saturated carbocycles. The van der Waals surface area contributed by atoms with Crippen molar-refractivity contribution in [1.82, 2.24) is 0 Å². The van der Waals surface area contributed by atoms with Crippen molar-refractivity contribution in [2.75, 3.05) is 0 Å². The molecule has 0 aromatic rings. The topological polar surface area (TPSA) is 0 Å². The fraction of sp³-hybridized carbons (Fsp3) is 1.00. The van der Waals surface area contributed by atoms with Gasteiger partial charge in [-0.05, 0) is 27.1 Å². The number of alkyl halides is 3. The van der Waals surface area contributed by atoms with Gasteiger partial charge in [0.2, 0.25) is 0 Å². The Bertz CT molecular complexity index is 83.8. The molecule has 0 radical (unpaired) electrons. The van der Waals surface area contributed by atoms with Crippen molar-refractivity contribution in [2.45, 2.75) is 24.4 Å². The van der Waals surface area contributed by atoms with Gasteiger partial charge in [0.15, 0.2) is 0 Å². The molecule has 1 aliphatic rings. The maximum atomic E-state index is 11.4. The minimum Gasteiger partial charge on any atom is -0.167 e. The molecule has 0 amide bonds. The molecule has 0 bridgehead atoms. The second-order valence-corrected chi connectivity index (χ2v) is 3.59. The summed E-state index contributed by atoms with van der Waals surface area (Å²) in [5.41, 5.74) is -0.00463. The van der Waals surface area contributed by atoms with E-state index in [2.05, 4.69) is 0 Å². The van der Waals surface area contributed by atoms with E-state index in [-0.39, 0.29) is 5.66 Å². The van der Waals surface area contributed by atoms with Crippen LogP contribution in [0.4, 0.5) is 13.2 Å². The Labute approximate surface area is 47.2 Å². The van der Waals surface area contributed by atoms with Gasteiger partial charge in [0.25, 0.3) is 0 Å². The average Bonchev–Trinajstić information content (AvgIpc) is 2.12. The van der Waals surface area contributed by atoms with Gasteiger partial charge in [-0.1, -0.05) is 0 Å². The fourth-order valence-electron chi connectivity index (χ4n) is 0.459. The van der Waals surface area contributed by atoms with Crippen LogP contribution in [0.5, 0.6) is 0 Å². The van der Waals surface area contributed by atoms with Gasteiger partial charge in [-0.15, -0.1) is 0 Å². The van der Waals surface area contributed by atoms with E-state index in [0.29, 0.717) is 0 Å². The molecule has 0 nitrogen and oxygen atoms in total. The third kappa shape index (κ3) is 2.51. The van der Waals surface area contributed by atoms with E-state index in [1.54, 1.807) is 0 Å². The van der Waals surface area contributed by atoms with Crippen LogP contribution in [0.25, 0.3) is 0 Å². The summed E-state index contributed by atoms with van der Waals surface area (Å²) >= 11 is 0. The summed E-state index contributed by atoms with van der Waals surface area (Å²) in [5, 5.41) is 0. The molecular formula is C4H6F3P. The quantitative estimate of drug-likeness (QED) is 0.493. The first-order valence-corrected chi connectivity index (χ1v) is 3.50. The third-order valence-electron chi connectivity index (χ3n) is 0.945. The first kappa shape index (κ1) is 6.34. The lowest BCUT2D eigenvalue weighted by Crippen LogP contribution is -1.97. The van der Waals surface area contributed by atoms with E-state index in [0.717, 1.165) is 12.8 Å².